The van der Waals surface area contributed by atoms with Gasteiger partial charge in [-0.3, -0.25) is 4.79 Å². The highest BCUT2D eigenvalue weighted by Gasteiger charge is 2.38. The van der Waals surface area contributed by atoms with E-state index in [0.717, 1.165) is 24.0 Å². The maximum Gasteiger partial charge on any atom is 0.252 e. The fourth-order valence-electron chi connectivity index (χ4n) is 1.74. The first-order valence-corrected chi connectivity index (χ1v) is 6.07. The van der Waals surface area contributed by atoms with Crippen LogP contribution in [0.5, 0.6) is 0 Å². The molecule has 1 aromatic rings. The van der Waals surface area contributed by atoms with E-state index in [-0.39, 0.29) is 18.1 Å². The fourth-order valence-corrected chi connectivity index (χ4v) is 1.74. The Balaban J connectivity index is 2.22. The molecule has 0 aliphatic heterocycles. The van der Waals surface area contributed by atoms with Gasteiger partial charge < -0.3 is 10.4 Å². The Morgan fingerprint density at radius 1 is 1.50 bits per heavy atom. The van der Waals surface area contributed by atoms with Crippen LogP contribution in [0.15, 0.2) is 18.2 Å². The average molecular weight is 243 g/mol. The molecule has 2 N–H and O–H groups in total. The van der Waals surface area contributed by atoms with E-state index in [1.807, 2.05) is 19.1 Å². The van der Waals surface area contributed by atoms with E-state index in [9.17, 15) is 4.79 Å². The van der Waals surface area contributed by atoms with Crippen LogP contribution in [0.4, 0.5) is 0 Å². The number of aliphatic hydroxyl groups excluding tert-OH is 1. The lowest BCUT2D eigenvalue weighted by Gasteiger charge is -2.13. The second kappa shape index (κ2) is 4.83. The zero-order valence-corrected chi connectivity index (χ0v) is 10.7. The molecule has 0 aromatic heterocycles. The molecule has 94 valence electrons. The minimum absolute atomic E-state index is 0.0176. The molecule has 1 aliphatic rings. The Bertz CT molecular complexity index is 533. The van der Waals surface area contributed by atoms with Crippen LogP contribution < -0.4 is 5.32 Å². The van der Waals surface area contributed by atoms with Gasteiger partial charge in [-0.1, -0.05) is 17.9 Å². The quantitative estimate of drug-likeness (QED) is 0.775. The van der Waals surface area contributed by atoms with Gasteiger partial charge >= 0.3 is 0 Å². The van der Waals surface area contributed by atoms with Crippen LogP contribution in [0.25, 0.3) is 0 Å². The van der Waals surface area contributed by atoms with Crippen molar-refractivity contribution in [3.63, 3.8) is 0 Å². The van der Waals surface area contributed by atoms with Crippen molar-refractivity contribution in [2.75, 3.05) is 6.61 Å². The van der Waals surface area contributed by atoms with Crippen molar-refractivity contribution in [3.05, 3.63) is 34.9 Å². The minimum Gasteiger partial charge on any atom is -0.384 e. The van der Waals surface area contributed by atoms with E-state index in [4.69, 9.17) is 5.11 Å². The number of aliphatic hydroxyl groups is 1. The molecule has 0 heterocycles. The summed E-state index contributed by atoms with van der Waals surface area (Å²) in [5, 5.41) is 11.7. The Morgan fingerprint density at radius 3 is 2.83 bits per heavy atom. The maximum atomic E-state index is 12.1. The predicted molar refractivity (Wildman–Crippen MR) is 70.2 cm³/mol. The first-order valence-electron chi connectivity index (χ1n) is 6.07. The SMILES string of the molecule is Cc1ccc(C#CCO)cc1C(=O)NC1(C)CC1. The van der Waals surface area contributed by atoms with Crippen LogP contribution in [0.3, 0.4) is 0 Å². The summed E-state index contributed by atoms with van der Waals surface area (Å²) in [5.74, 6) is 5.36. The second-order valence-electron chi connectivity index (χ2n) is 5.00. The number of aryl methyl sites for hydroxylation is 1. The molecule has 1 aromatic carbocycles. The van der Waals surface area contributed by atoms with Crippen molar-refractivity contribution in [3.8, 4) is 11.8 Å². The highest BCUT2D eigenvalue weighted by Crippen LogP contribution is 2.34. The van der Waals surface area contributed by atoms with Gasteiger partial charge in [0.25, 0.3) is 5.91 Å². The summed E-state index contributed by atoms with van der Waals surface area (Å²) in [6.07, 6.45) is 2.09. The number of rotatable bonds is 2. The van der Waals surface area contributed by atoms with Crippen molar-refractivity contribution in [2.24, 2.45) is 0 Å². The molecule has 0 saturated heterocycles. The summed E-state index contributed by atoms with van der Waals surface area (Å²) in [4.78, 5) is 12.1. The molecule has 2 rings (SSSR count). The number of carbonyl (C=O) groups is 1. The molecule has 0 spiro atoms. The summed E-state index contributed by atoms with van der Waals surface area (Å²) < 4.78 is 0. The summed E-state index contributed by atoms with van der Waals surface area (Å²) in [5.41, 5.74) is 2.33. The molecule has 0 unspecified atom stereocenters. The molecule has 3 heteroatoms. The van der Waals surface area contributed by atoms with Gasteiger partial charge in [0, 0.05) is 16.7 Å². The van der Waals surface area contributed by atoms with Gasteiger partial charge in [-0.25, -0.2) is 0 Å². The summed E-state index contributed by atoms with van der Waals surface area (Å²) in [6, 6.07) is 5.51. The third-order valence-electron chi connectivity index (χ3n) is 3.21. The highest BCUT2D eigenvalue weighted by molar-refractivity contribution is 5.96. The first-order chi connectivity index (χ1) is 8.54. The summed E-state index contributed by atoms with van der Waals surface area (Å²) >= 11 is 0. The normalized spacial score (nSPS) is 15.5. The van der Waals surface area contributed by atoms with E-state index in [0.29, 0.717) is 5.56 Å². The van der Waals surface area contributed by atoms with Crippen LogP contribution in [-0.4, -0.2) is 23.2 Å². The lowest BCUT2D eigenvalue weighted by Crippen LogP contribution is -2.34. The van der Waals surface area contributed by atoms with E-state index in [2.05, 4.69) is 24.1 Å². The van der Waals surface area contributed by atoms with E-state index in [1.54, 1.807) is 6.07 Å². The van der Waals surface area contributed by atoms with Crippen molar-refractivity contribution in [2.45, 2.75) is 32.2 Å². The molecule has 18 heavy (non-hydrogen) atoms. The van der Waals surface area contributed by atoms with Crippen LogP contribution in [-0.2, 0) is 0 Å². The van der Waals surface area contributed by atoms with Crippen LogP contribution in [0.2, 0.25) is 0 Å². The molecule has 0 atom stereocenters. The van der Waals surface area contributed by atoms with Crippen LogP contribution >= 0.6 is 0 Å². The van der Waals surface area contributed by atoms with Crippen molar-refractivity contribution >= 4 is 5.91 Å². The second-order valence-corrected chi connectivity index (χ2v) is 5.00. The van der Waals surface area contributed by atoms with Gasteiger partial charge in [0.2, 0.25) is 0 Å². The van der Waals surface area contributed by atoms with Gasteiger partial charge in [-0.05, 0) is 44.4 Å². The molecule has 0 bridgehead atoms. The minimum atomic E-state index is -0.173. The molecular weight excluding hydrogens is 226 g/mol. The number of hydrogen-bond donors (Lipinski definition) is 2. The van der Waals surface area contributed by atoms with Gasteiger partial charge in [-0.2, -0.15) is 0 Å². The molecule has 1 fully saturated rings. The number of nitrogens with one attached hydrogen (secondary N) is 1. The molecule has 0 radical (unpaired) electrons. The molecule has 3 nitrogen and oxygen atoms in total. The monoisotopic (exact) mass is 243 g/mol. The number of hydrogen-bond acceptors (Lipinski definition) is 2. The third kappa shape index (κ3) is 2.91. The number of carbonyl (C=O) groups excluding carboxylic acids is 1. The van der Waals surface area contributed by atoms with E-state index >= 15 is 0 Å². The topological polar surface area (TPSA) is 49.3 Å². The Morgan fingerprint density at radius 2 is 2.22 bits per heavy atom. The fraction of sp³-hybridized carbons (Fsp3) is 0.400. The van der Waals surface area contributed by atoms with Crippen molar-refractivity contribution < 1.29 is 9.90 Å². The van der Waals surface area contributed by atoms with Gasteiger partial charge in [0.15, 0.2) is 0 Å². The Hall–Kier alpha value is -1.79. The standard InChI is InChI=1S/C15H17NO2/c1-11-5-6-12(4-3-9-17)10-13(11)14(18)16-15(2)7-8-15/h5-6,10,17H,7-9H2,1-2H3,(H,16,18). The van der Waals surface area contributed by atoms with Gasteiger partial charge in [0.05, 0.1) is 0 Å². The largest absolute Gasteiger partial charge is 0.384 e. The lowest BCUT2D eigenvalue weighted by molar-refractivity contribution is 0.0935. The number of benzene rings is 1. The van der Waals surface area contributed by atoms with Gasteiger partial charge in [0.1, 0.15) is 6.61 Å². The van der Waals surface area contributed by atoms with Gasteiger partial charge in [-0.15, -0.1) is 0 Å². The Labute approximate surface area is 107 Å². The zero-order chi connectivity index (χ0) is 13.2. The average Bonchev–Trinajstić information content (AvgIpc) is 3.05. The highest BCUT2D eigenvalue weighted by atomic mass is 16.2. The summed E-state index contributed by atoms with van der Waals surface area (Å²) in [7, 11) is 0. The zero-order valence-electron chi connectivity index (χ0n) is 10.7. The van der Waals surface area contributed by atoms with E-state index < -0.39 is 0 Å². The number of amides is 1. The Kier molecular flexibility index (Phi) is 3.40. The van der Waals surface area contributed by atoms with Crippen LogP contribution in [0, 0.1) is 18.8 Å². The molecule has 1 aliphatic carbocycles. The smallest absolute Gasteiger partial charge is 0.252 e. The third-order valence-corrected chi connectivity index (χ3v) is 3.21. The lowest BCUT2D eigenvalue weighted by atomic mass is 10.0. The predicted octanol–water partition coefficient (Wildman–Crippen LogP) is 1.62. The summed E-state index contributed by atoms with van der Waals surface area (Å²) in [6.45, 7) is 3.79. The van der Waals surface area contributed by atoms with Crippen molar-refractivity contribution in [1.82, 2.24) is 5.32 Å². The van der Waals surface area contributed by atoms with E-state index in [1.165, 1.54) is 0 Å². The van der Waals surface area contributed by atoms with Crippen molar-refractivity contribution in [1.29, 1.82) is 0 Å². The maximum absolute atomic E-state index is 12.1. The molecular formula is C15H17NO2. The molecule has 1 amide bonds. The van der Waals surface area contributed by atoms with Crippen LogP contribution in [0.1, 0.15) is 41.3 Å². The molecule has 1 saturated carbocycles. The first kappa shape index (κ1) is 12.7.